The lowest BCUT2D eigenvalue weighted by atomic mass is 10.2. The number of fused-ring (bicyclic) bond motifs is 1. The molecule has 0 radical (unpaired) electrons. The Morgan fingerprint density at radius 1 is 1.19 bits per heavy atom. The number of unbranched alkanes of at least 4 members (excludes halogenated alkanes) is 3. The summed E-state index contributed by atoms with van der Waals surface area (Å²) >= 11 is 0. The van der Waals surface area contributed by atoms with E-state index in [2.05, 4.69) is 10.3 Å². The van der Waals surface area contributed by atoms with Crippen molar-refractivity contribution in [3.63, 3.8) is 0 Å². The number of para-hydroxylation sites is 2. The maximum absolute atomic E-state index is 11.8. The molecule has 5 nitrogen and oxygen atoms in total. The van der Waals surface area contributed by atoms with Crippen molar-refractivity contribution in [1.82, 2.24) is 14.9 Å². The quantitative estimate of drug-likeness (QED) is 0.695. The standard InChI is InChI=1S/C16H23N3O2/c20-12-6-2-1-5-10-17-16(21)9-11-19-13-18-14-7-3-4-8-15(14)19/h3-4,7-8,13,20H,1-2,5-6,9-12H2,(H,17,21). The number of aliphatic hydroxyl groups excluding tert-OH is 1. The monoisotopic (exact) mass is 289 g/mol. The van der Waals surface area contributed by atoms with E-state index in [4.69, 9.17) is 5.11 Å². The molecule has 0 unspecified atom stereocenters. The van der Waals surface area contributed by atoms with E-state index < -0.39 is 0 Å². The highest BCUT2D eigenvalue weighted by molar-refractivity contribution is 5.77. The molecule has 114 valence electrons. The Morgan fingerprint density at radius 3 is 2.86 bits per heavy atom. The summed E-state index contributed by atoms with van der Waals surface area (Å²) in [5.41, 5.74) is 2.02. The Bertz CT molecular complexity index is 565. The van der Waals surface area contributed by atoms with E-state index in [1.807, 2.05) is 28.8 Å². The summed E-state index contributed by atoms with van der Waals surface area (Å²) < 4.78 is 2.01. The summed E-state index contributed by atoms with van der Waals surface area (Å²) in [6.07, 6.45) is 6.14. The van der Waals surface area contributed by atoms with Gasteiger partial charge < -0.3 is 15.0 Å². The number of carbonyl (C=O) groups is 1. The predicted octanol–water partition coefficient (Wildman–Crippen LogP) is 2.10. The van der Waals surface area contributed by atoms with Crippen LogP contribution >= 0.6 is 0 Å². The van der Waals surface area contributed by atoms with Crippen molar-refractivity contribution < 1.29 is 9.90 Å². The SMILES string of the molecule is O=C(CCn1cnc2ccccc21)NCCCCCCO. The zero-order valence-electron chi connectivity index (χ0n) is 12.3. The molecule has 1 heterocycles. The molecular weight excluding hydrogens is 266 g/mol. The first-order chi connectivity index (χ1) is 10.3. The minimum Gasteiger partial charge on any atom is -0.396 e. The van der Waals surface area contributed by atoms with E-state index in [1.165, 1.54) is 0 Å². The fourth-order valence-corrected chi connectivity index (χ4v) is 2.32. The molecule has 0 aliphatic carbocycles. The van der Waals surface area contributed by atoms with Gasteiger partial charge in [-0.25, -0.2) is 4.98 Å². The first-order valence-electron chi connectivity index (χ1n) is 7.58. The van der Waals surface area contributed by atoms with Crippen LogP contribution in [-0.4, -0.2) is 33.7 Å². The maximum Gasteiger partial charge on any atom is 0.221 e. The van der Waals surface area contributed by atoms with Gasteiger partial charge in [0.15, 0.2) is 0 Å². The molecule has 21 heavy (non-hydrogen) atoms. The van der Waals surface area contributed by atoms with E-state index in [0.29, 0.717) is 13.0 Å². The number of nitrogens with one attached hydrogen (secondary N) is 1. The van der Waals surface area contributed by atoms with Gasteiger partial charge in [0.1, 0.15) is 0 Å². The molecule has 1 aromatic heterocycles. The van der Waals surface area contributed by atoms with Gasteiger partial charge in [-0.05, 0) is 25.0 Å². The van der Waals surface area contributed by atoms with Crippen LogP contribution in [0, 0.1) is 0 Å². The van der Waals surface area contributed by atoms with Gasteiger partial charge in [-0.1, -0.05) is 25.0 Å². The first kappa shape index (κ1) is 15.5. The van der Waals surface area contributed by atoms with Crippen molar-refractivity contribution in [3.05, 3.63) is 30.6 Å². The largest absolute Gasteiger partial charge is 0.396 e. The topological polar surface area (TPSA) is 67.2 Å². The highest BCUT2D eigenvalue weighted by Crippen LogP contribution is 2.11. The van der Waals surface area contributed by atoms with E-state index >= 15 is 0 Å². The predicted molar refractivity (Wildman–Crippen MR) is 82.9 cm³/mol. The Kier molecular flexibility index (Phi) is 6.22. The number of amides is 1. The Morgan fingerprint density at radius 2 is 2.00 bits per heavy atom. The van der Waals surface area contributed by atoms with Crippen molar-refractivity contribution in [2.45, 2.75) is 38.6 Å². The van der Waals surface area contributed by atoms with Crippen molar-refractivity contribution in [1.29, 1.82) is 0 Å². The van der Waals surface area contributed by atoms with Gasteiger partial charge in [-0.3, -0.25) is 4.79 Å². The lowest BCUT2D eigenvalue weighted by molar-refractivity contribution is -0.121. The number of benzene rings is 1. The third-order valence-electron chi connectivity index (χ3n) is 3.51. The number of rotatable bonds is 9. The van der Waals surface area contributed by atoms with Gasteiger partial charge in [0.05, 0.1) is 17.4 Å². The molecule has 2 N–H and O–H groups in total. The summed E-state index contributed by atoms with van der Waals surface area (Å²) in [5.74, 6) is 0.0786. The van der Waals surface area contributed by atoms with Crippen LogP contribution < -0.4 is 5.32 Å². The summed E-state index contributed by atoms with van der Waals surface area (Å²) in [6.45, 7) is 1.62. The second kappa shape index (κ2) is 8.42. The minimum absolute atomic E-state index is 0.0786. The Labute approximate surface area is 125 Å². The molecule has 0 saturated heterocycles. The number of aromatic nitrogens is 2. The molecule has 2 aromatic rings. The highest BCUT2D eigenvalue weighted by Gasteiger charge is 2.04. The van der Waals surface area contributed by atoms with Crippen LogP contribution in [0.5, 0.6) is 0 Å². The van der Waals surface area contributed by atoms with Crippen LogP contribution in [0.1, 0.15) is 32.1 Å². The van der Waals surface area contributed by atoms with Gasteiger partial charge in [0.25, 0.3) is 0 Å². The normalized spacial score (nSPS) is 10.9. The number of hydrogen-bond acceptors (Lipinski definition) is 3. The molecule has 0 bridgehead atoms. The number of aryl methyl sites for hydroxylation is 1. The van der Waals surface area contributed by atoms with Crippen LogP contribution in [0.2, 0.25) is 0 Å². The second-order valence-electron chi connectivity index (χ2n) is 5.16. The molecular formula is C16H23N3O2. The minimum atomic E-state index is 0.0786. The summed E-state index contributed by atoms with van der Waals surface area (Å²) in [6, 6.07) is 7.93. The highest BCUT2D eigenvalue weighted by atomic mass is 16.2. The third-order valence-corrected chi connectivity index (χ3v) is 3.51. The van der Waals surface area contributed by atoms with Crippen LogP contribution in [0.15, 0.2) is 30.6 Å². The number of hydrogen-bond donors (Lipinski definition) is 2. The number of imidazole rings is 1. The van der Waals surface area contributed by atoms with Gasteiger partial charge in [0.2, 0.25) is 5.91 Å². The zero-order chi connectivity index (χ0) is 14.9. The smallest absolute Gasteiger partial charge is 0.221 e. The molecule has 0 saturated carbocycles. The van der Waals surface area contributed by atoms with E-state index in [-0.39, 0.29) is 12.5 Å². The van der Waals surface area contributed by atoms with Gasteiger partial charge in [0, 0.05) is 26.1 Å². The van der Waals surface area contributed by atoms with Gasteiger partial charge in [-0.2, -0.15) is 0 Å². The molecule has 2 rings (SSSR count). The van der Waals surface area contributed by atoms with Crippen molar-refractivity contribution in [2.24, 2.45) is 0 Å². The Balaban J connectivity index is 1.67. The number of carbonyl (C=O) groups excluding carboxylic acids is 1. The molecule has 0 fully saturated rings. The number of aliphatic hydroxyl groups is 1. The lowest BCUT2D eigenvalue weighted by Gasteiger charge is -2.06. The summed E-state index contributed by atoms with van der Waals surface area (Å²) in [4.78, 5) is 16.1. The average Bonchev–Trinajstić information content (AvgIpc) is 2.92. The van der Waals surface area contributed by atoms with Gasteiger partial charge >= 0.3 is 0 Å². The molecule has 5 heteroatoms. The summed E-state index contributed by atoms with van der Waals surface area (Å²) in [5, 5.41) is 11.6. The van der Waals surface area contributed by atoms with Crippen molar-refractivity contribution in [2.75, 3.05) is 13.2 Å². The van der Waals surface area contributed by atoms with Crippen LogP contribution in [0.4, 0.5) is 0 Å². The fraction of sp³-hybridized carbons (Fsp3) is 0.500. The van der Waals surface area contributed by atoms with Crippen LogP contribution in [0.3, 0.4) is 0 Å². The molecule has 1 aromatic carbocycles. The zero-order valence-corrected chi connectivity index (χ0v) is 12.3. The second-order valence-corrected chi connectivity index (χ2v) is 5.16. The van der Waals surface area contributed by atoms with Crippen molar-refractivity contribution >= 4 is 16.9 Å². The lowest BCUT2D eigenvalue weighted by Crippen LogP contribution is -2.25. The molecule has 0 aliphatic heterocycles. The van der Waals surface area contributed by atoms with E-state index in [0.717, 1.165) is 43.3 Å². The first-order valence-corrected chi connectivity index (χ1v) is 7.58. The van der Waals surface area contributed by atoms with Crippen molar-refractivity contribution in [3.8, 4) is 0 Å². The average molecular weight is 289 g/mol. The molecule has 0 atom stereocenters. The molecule has 1 amide bonds. The molecule has 0 spiro atoms. The fourth-order valence-electron chi connectivity index (χ4n) is 2.32. The van der Waals surface area contributed by atoms with Crippen LogP contribution in [0.25, 0.3) is 11.0 Å². The summed E-state index contributed by atoms with van der Waals surface area (Å²) in [7, 11) is 0. The third kappa shape index (κ3) is 4.86. The van der Waals surface area contributed by atoms with E-state index in [1.54, 1.807) is 6.33 Å². The van der Waals surface area contributed by atoms with Crippen LogP contribution in [-0.2, 0) is 11.3 Å². The van der Waals surface area contributed by atoms with Gasteiger partial charge in [-0.15, -0.1) is 0 Å². The molecule has 0 aliphatic rings. The number of nitrogens with zero attached hydrogens (tertiary/aromatic N) is 2. The maximum atomic E-state index is 11.8. The van der Waals surface area contributed by atoms with E-state index in [9.17, 15) is 4.79 Å². The Hall–Kier alpha value is -1.88.